The Bertz CT molecular complexity index is 994. The Morgan fingerprint density at radius 1 is 1.47 bits per heavy atom. The van der Waals surface area contributed by atoms with Crippen molar-refractivity contribution >= 4 is 29.9 Å². The number of pyridine rings is 1. The third-order valence-corrected chi connectivity index (χ3v) is 4.20. The van der Waals surface area contributed by atoms with Gasteiger partial charge in [0.15, 0.2) is 0 Å². The van der Waals surface area contributed by atoms with Gasteiger partial charge in [-0.05, 0) is 24.3 Å². The molecule has 11 heteroatoms. The Hall–Kier alpha value is -4.02. The van der Waals surface area contributed by atoms with Crippen LogP contribution in [0.2, 0.25) is 0 Å². The van der Waals surface area contributed by atoms with Crippen molar-refractivity contribution < 1.29 is 18.7 Å². The molecule has 0 saturated carbocycles. The zero-order valence-corrected chi connectivity index (χ0v) is 16.1. The number of nitrogens with zero attached hydrogens (tertiary/aromatic N) is 3. The van der Waals surface area contributed by atoms with Crippen LogP contribution in [-0.2, 0) is 9.53 Å². The molecule has 0 spiro atoms. The third-order valence-electron chi connectivity index (χ3n) is 4.20. The lowest BCUT2D eigenvalue weighted by atomic mass is 10.1. The number of carbonyl (C=O) groups excluding carboxylic acids is 2. The Kier molecular flexibility index (Phi) is 6.20. The Balaban J connectivity index is 1.71. The smallest absolute Gasteiger partial charge is 0.414 e. The average Bonchev–Trinajstić information content (AvgIpc) is 3.07. The largest absolute Gasteiger partial charge is 0.442 e. The van der Waals surface area contributed by atoms with Crippen molar-refractivity contribution in [3.05, 3.63) is 48.0 Å². The van der Waals surface area contributed by atoms with Crippen molar-refractivity contribution in [3.63, 3.8) is 0 Å². The van der Waals surface area contributed by atoms with E-state index < -0.39 is 18.0 Å². The number of hydrogen-bond acceptors (Lipinski definition) is 6. The first-order valence-electron chi connectivity index (χ1n) is 8.95. The van der Waals surface area contributed by atoms with Gasteiger partial charge in [0, 0.05) is 24.2 Å². The predicted octanol–water partition coefficient (Wildman–Crippen LogP) is 1.17. The third kappa shape index (κ3) is 5.07. The molecule has 3 rings (SSSR count). The second-order valence-electron chi connectivity index (χ2n) is 6.47. The van der Waals surface area contributed by atoms with Crippen LogP contribution in [0.4, 0.5) is 14.9 Å². The Morgan fingerprint density at radius 3 is 2.90 bits per heavy atom. The summed E-state index contributed by atoms with van der Waals surface area (Å²) in [4.78, 5) is 28.6. The number of anilines is 1. The summed E-state index contributed by atoms with van der Waals surface area (Å²) >= 11 is 0. The standard InChI is InChI=1S/C19H20FN7O3/c1-11(28)23-9-15-10-27(19(29)30-15)14-4-5-16(17(20)6-14)12-2-3-13(24-7-12)8-25-26-18(21)22/h2-8,15H,9-10H2,1H3,(H,23,28)(H4,21,22,26)/t15-/m0/s1. The second kappa shape index (κ2) is 8.99. The molecule has 30 heavy (non-hydrogen) atoms. The van der Waals surface area contributed by atoms with Crippen LogP contribution in [0, 0.1) is 11.2 Å². The first kappa shape index (κ1) is 20.7. The zero-order chi connectivity index (χ0) is 21.7. The van der Waals surface area contributed by atoms with E-state index in [1.54, 1.807) is 24.3 Å². The maximum Gasteiger partial charge on any atom is 0.414 e. The highest BCUT2D eigenvalue weighted by atomic mass is 19.1. The van der Waals surface area contributed by atoms with E-state index >= 15 is 0 Å². The Morgan fingerprint density at radius 2 is 2.27 bits per heavy atom. The average molecular weight is 413 g/mol. The van der Waals surface area contributed by atoms with Crippen LogP contribution in [-0.4, -0.2) is 48.4 Å². The van der Waals surface area contributed by atoms with Crippen LogP contribution in [0.5, 0.6) is 0 Å². The van der Waals surface area contributed by atoms with Crippen molar-refractivity contribution in [3.8, 4) is 11.1 Å². The quantitative estimate of drug-likeness (QED) is 0.318. The first-order valence-corrected chi connectivity index (χ1v) is 8.95. The van der Waals surface area contributed by atoms with Gasteiger partial charge in [0.05, 0.1) is 30.7 Å². The van der Waals surface area contributed by atoms with E-state index in [1.807, 2.05) is 0 Å². The number of hydrogen-bond donors (Lipinski definition) is 4. The van der Waals surface area contributed by atoms with Crippen molar-refractivity contribution in [2.45, 2.75) is 13.0 Å². The number of rotatable bonds is 6. The molecule has 2 amide bonds. The number of aromatic nitrogens is 1. The van der Waals surface area contributed by atoms with Crippen LogP contribution >= 0.6 is 0 Å². The highest BCUT2D eigenvalue weighted by molar-refractivity contribution is 5.90. The van der Waals surface area contributed by atoms with Crippen LogP contribution in [0.3, 0.4) is 0 Å². The molecule has 1 aliphatic heterocycles. The SMILES string of the molecule is CC(=O)NC[C@H]1CN(c2ccc(-c3ccc(C=NNC(=N)N)nc3)c(F)c2)C(=O)O1. The molecule has 5 N–H and O–H groups in total. The minimum Gasteiger partial charge on any atom is -0.442 e. The summed E-state index contributed by atoms with van der Waals surface area (Å²) in [5.41, 5.74) is 9.11. The summed E-state index contributed by atoms with van der Waals surface area (Å²) in [5.74, 6) is -1.04. The molecule has 0 radical (unpaired) electrons. The van der Waals surface area contributed by atoms with Gasteiger partial charge in [-0.2, -0.15) is 5.10 Å². The van der Waals surface area contributed by atoms with E-state index in [0.717, 1.165) is 0 Å². The van der Waals surface area contributed by atoms with E-state index in [1.165, 1.54) is 30.3 Å². The molecule has 1 aromatic carbocycles. The van der Waals surface area contributed by atoms with Crippen molar-refractivity contribution in [2.75, 3.05) is 18.0 Å². The van der Waals surface area contributed by atoms with Gasteiger partial charge in [-0.25, -0.2) is 14.6 Å². The molecule has 10 nitrogen and oxygen atoms in total. The monoisotopic (exact) mass is 413 g/mol. The molecule has 0 bridgehead atoms. The van der Waals surface area contributed by atoms with Gasteiger partial charge >= 0.3 is 6.09 Å². The van der Waals surface area contributed by atoms with Gasteiger partial charge < -0.3 is 15.8 Å². The number of nitrogens with two attached hydrogens (primary N) is 1. The van der Waals surface area contributed by atoms with Crippen LogP contribution in [0.1, 0.15) is 12.6 Å². The summed E-state index contributed by atoms with van der Waals surface area (Å²) in [6, 6.07) is 7.74. The highest BCUT2D eigenvalue weighted by Gasteiger charge is 2.32. The van der Waals surface area contributed by atoms with E-state index in [2.05, 4.69) is 20.8 Å². The minimum absolute atomic E-state index is 0.196. The molecule has 2 aromatic rings. The van der Waals surface area contributed by atoms with Gasteiger partial charge in [-0.1, -0.05) is 6.07 Å². The summed E-state index contributed by atoms with van der Waals surface area (Å²) < 4.78 is 19.9. The molecule has 1 atom stereocenters. The van der Waals surface area contributed by atoms with Crippen LogP contribution in [0.15, 0.2) is 41.6 Å². The number of carbonyl (C=O) groups is 2. The lowest BCUT2D eigenvalue weighted by molar-refractivity contribution is -0.119. The number of amides is 2. The van der Waals surface area contributed by atoms with E-state index in [0.29, 0.717) is 22.5 Å². The number of benzene rings is 1. The molecular weight excluding hydrogens is 393 g/mol. The fourth-order valence-corrected chi connectivity index (χ4v) is 2.81. The fourth-order valence-electron chi connectivity index (χ4n) is 2.81. The van der Waals surface area contributed by atoms with Crippen LogP contribution in [0.25, 0.3) is 11.1 Å². The van der Waals surface area contributed by atoms with E-state index in [4.69, 9.17) is 15.9 Å². The number of ether oxygens (including phenoxy) is 1. The summed E-state index contributed by atoms with van der Waals surface area (Å²) in [6.45, 7) is 1.78. The van der Waals surface area contributed by atoms with Gasteiger partial charge in [0.25, 0.3) is 0 Å². The first-order chi connectivity index (χ1) is 14.3. The maximum atomic E-state index is 14.7. The van der Waals surface area contributed by atoms with Crippen LogP contribution < -0.4 is 21.4 Å². The zero-order valence-electron chi connectivity index (χ0n) is 16.1. The van der Waals surface area contributed by atoms with E-state index in [9.17, 15) is 14.0 Å². The van der Waals surface area contributed by atoms with Crippen molar-refractivity contribution in [1.29, 1.82) is 5.41 Å². The maximum absolute atomic E-state index is 14.7. The molecule has 156 valence electrons. The normalized spacial score (nSPS) is 15.9. The van der Waals surface area contributed by atoms with Gasteiger partial charge in [0.1, 0.15) is 11.9 Å². The number of guanidine groups is 1. The molecule has 0 aliphatic carbocycles. The molecule has 1 aromatic heterocycles. The van der Waals surface area contributed by atoms with Gasteiger partial charge in [-0.15, -0.1) is 0 Å². The molecule has 1 fully saturated rings. The molecule has 1 saturated heterocycles. The number of cyclic esters (lactones) is 1. The minimum atomic E-state index is -0.595. The molecular formula is C19H20FN7O3. The van der Waals surface area contributed by atoms with Crippen molar-refractivity contribution in [1.82, 2.24) is 15.7 Å². The second-order valence-corrected chi connectivity index (χ2v) is 6.47. The molecule has 1 aliphatic rings. The molecule has 2 heterocycles. The summed E-state index contributed by atoms with van der Waals surface area (Å²) in [6.07, 6.45) is 1.77. The highest BCUT2D eigenvalue weighted by Crippen LogP contribution is 2.28. The van der Waals surface area contributed by atoms with Gasteiger partial charge in [0.2, 0.25) is 11.9 Å². The fraction of sp³-hybridized carbons (Fsp3) is 0.211. The number of nitrogens with one attached hydrogen (secondary N) is 3. The topological polar surface area (TPSA) is 146 Å². The Labute approximate surface area is 171 Å². The summed E-state index contributed by atoms with van der Waals surface area (Å²) in [5, 5.41) is 13.3. The van der Waals surface area contributed by atoms with Crippen molar-refractivity contribution in [2.24, 2.45) is 10.8 Å². The van der Waals surface area contributed by atoms with Gasteiger partial charge in [-0.3, -0.25) is 20.1 Å². The molecule has 0 unspecified atom stereocenters. The lowest BCUT2D eigenvalue weighted by Crippen LogP contribution is -2.33. The van der Waals surface area contributed by atoms with E-state index in [-0.39, 0.29) is 25.0 Å². The number of hydrazone groups is 1. The number of halogens is 1. The lowest BCUT2D eigenvalue weighted by Gasteiger charge is -2.14. The summed E-state index contributed by atoms with van der Waals surface area (Å²) in [7, 11) is 0. The predicted molar refractivity (Wildman–Crippen MR) is 109 cm³/mol.